The molecule has 0 saturated heterocycles. The van der Waals surface area contributed by atoms with Crippen LogP contribution in [0.25, 0.3) is 11.5 Å². The summed E-state index contributed by atoms with van der Waals surface area (Å²) >= 11 is 0. The number of hydrogen-bond donors (Lipinski definition) is 0. The van der Waals surface area contributed by atoms with E-state index in [1.807, 2.05) is 23.7 Å². The Hall–Kier alpha value is -1.84. The van der Waals surface area contributed by atoms with Gasteiger partial charge in [0.15, 0.2) is 12.0 Å². The minimum absolute atomic E-state index is 0.577. The number of hydrogen-bond acceptors (Lipinski definition) is 3. The highest BCUT2D eigenvalue weighted by atomic mass is 16.3. The Morgan fingerprint density at radius 1 is 1.44 bits per heavy atom. The van der Waals surface area contributed by atoms with Crippen molar-refractivity contribution in [2.75, 3.05) is 0 Å². The summed E-state index contributed by atoms with van der Waals surface area (Å²) in [6, 6.07) is 3.72. The smallest absolute Gasteiger partial charge is 0.155 e. The van der Waals surface area contributed by atoms with Gasteiger partial charge in [-0.15, -0.1) is 0 Å². The lowest BCUT2D eigenvalue weighted by Gasteiger charge is -2.03. The minimum Gasteiger partial charge on any atom is -0.460 e. The number of furan rings is 1. The van der Waals surface area contributed by atoms with Crippen molar-refractivity contribution in [3.63, 3.8) is 0 Å². The van der Waals surface area contributed by atoms with Gasteiger partial charge < -0.3 is 4.42 Å². The monoisotopic (exact) mass is 246 g/mol. The summed E-state index contributed by atoms with van der Waals surface area (Å²) in [4.78, 5) is 11.1. The highest BCUT2D eigenvalue weighted by Crippen LogP contribution is 2.23. The number of aromatic nitrogens is 2. The molecule has 2 aromatic heterocycles. The van der Waals surface area contributed by atoms with Crippen molar-refractivity contribution >= 4 is 6.29 Å². The van der Waals surface area contributed by atoms with Crippen molar-refractivity contribution in [3.05, 3.63) is 29.7 Å². The standard InChI is InChI=1S/C14H18N2O2/c1-10(2)6-7-16-8-12(9-17)14(15-16)13-5-4-11(3)18-13/h4-5,8-10H,6-7H2,1-3H3. The van der Waals surface area contributed by atoms with Crippen LogP contribution in [0.15, 0.2) is 22.7 Å². The van der Waals surface area contributed by atoms with Gasteiger partial charge in [-0.3, -0.25) is 9.48 Å². The summed E-state index contributed by atoms with van der Waals surface area (Å²) in [5.41, 5.74) is 1.20. The molecule has 0 amide bonds. The van der Waals surface area contributed by atoms with Crippen LogP contribution in [0, 0.1) is 12.8 Å². The summed E-state index contributed by atoms with van der Waals surface area (Å²) in [7, 11) is 0. The molecule has 2 rings (SSSR count). The van der Waals surface area contributed by atoms with Crippen molar-refractivity contribution in [2.24, 2.45) is 5.92 Å². The molecule has 0 unspecified atom stereocenters. The maximum absolute atomic E-state index is 11.1. The summed E-state index contributed by atoms with van der Waals surface area (Å²) in [6.45, 7) is 7.03. The first kappa shape index (κ1) is 12.6. The molecule has 4 heteroatoms. The fourth-order valence-corrected chi connectivity index (χ4v) is 1.78. The van der Waals surface area contributed by atoms with E-state index >= 15 is 0 Å². The number of carbonyl (C=O) groups is 1. The minimum atomic E-state index is 0.577. The zero-order valence-corrected chi connectivity index (χ0v) is 11.0. The zero-order valence-electron chi connectivity index (χ0n) is 11.0. The first-order chi connectivity index (χ1) is 8.60. The van der Waals surface area contributed by atoms with Gasteiger partial charge in [-0.05, 0) is 31.4 Å². The second kappa shape index (κ2) is 5.21. The Morgan fingerprint density at radius 2 is 2.22 bits per heavy atom. The molecule has 0 aromatic carbocycles. The Bertz CT molecular complexity index is 538. The molecule has 0 aliphatic heterocycles. The van der Waals surface area contributed by atoms with E-state index in [0.717, 1.165) is 25.0 Å². The van der Waals surface area contributed by atoms with Crippen molar-refractivity contribution < 1.29 is 9.21 Å². The Kier molecular flexibility index (Phi) is 3.65. The quantitative estimate of drug-likeness (QED) is 0.760. The molecule has 18 heavy (non-hydrogen) atoms. The van der Waals surface area contributed by atoms with Crippen LogP contribution in [0.5, 0.6) is 0 Å². The lowest BCUT2D eigenvalue weighted by Crippen LogP contribution is -2.01. The largest absolute Gasteiger partial charge is 0.460 e. The third-order valence-corrected chi connectivity index (χ3v) is 2.83. The molecule has 2 heterocycles. The van der Waals surface area contributed by atoms with E-state index in [2.05, 4.69) is 18.9 Å². The average molecular weight is 246 g/mol. The van der Waals surface area contributed by atoms with Crippen LogP contribution in [0.4, 0.5) is 0 Å². The van der Waals surface area contributed by atoms with Crippen molar-refractivity contribution in [1.82, 2.24) is 9.78 Å². The molecular weight excluding hydrogens is 228 g/mol. The number of nitrogens with zero attached hydrogens (tertiary/aromatic N) is 2. The SMILES string of the molecule is Cc1ccc(-c2nn(CCC(C)C)cc2C=O)o1. The zero-order chi connectivity index (χ0) is 13.1. The normalized spacial score (nSPS) is 11.1. The van der Waals surface area contributed by atoms with Crippen LogP contribution >= 0.6 is 0 Å². The van der Waals surface area contributed by atoms with Gasteiger partial charge in [0.2, 0.25) is 0 Å². The fraction of sp³-hybridized carbons (Fsp3) is 0.429. The Morgan fingerprint density at radius 3 is 2.78 bits per heavy atom. The van der Waals surface area contributed by atoms with Gasteiger partial charge in [0, 0.05) is 12.7 Å². The van der Waals surface area contributed by atoms with E-state index in [4.69, 9.17) is 4.42 Å². The van der Waals surface area contributed by atoms with Crippen molar-refractivity contribution in [1.29, 1.82) is 0 Å². The van der Waals surface area contributed by atoms with Crippen LogP contribution in [-0.4, -0.2) is 16.1 Å². The molecule has 0 aliphatic carbocycles. The highest BCUT2D eigenvalue weighted by molar-refractivity contribution is 5.84. The molecule has 0 radical (unpaired) electrons. The van der Waals surface area contributed by atoms with E-state index in [1.165, 1.54) is 0 Å². The highest BCUT2D eigenvalue weighted by Gasteiger charge is 2.13. The van der Waals surface area contributed by atoms with E-state index in [-0.39, 0.29) is 0 Å². The molecule has 0 aliphatic rings. The van der Waals surface area contributed by atoms with Gasteiger partial charge in [-0.1, -0.05) is 13.8 Å². The van der Waals surface area contributed by atoms with Crippen LogP contribution in [0.3, 0.4) is 0 Å². The van der Waals surface area contributed by atoms with Gasteiger partial charge in [0.25, 0.3) is 0 Å². The lowest BCUT2D eigenvalue weighted by molar-refractivity contribution is 0.112. The van der Waals surface area contributed by atoms with Crippen LogP contribution < -0.4 is 0 Å². The number of aryl methyl sites for hydroxylation is 2. The molecule has 0 atom stereocenters. The number of rotatable bonds is 5. The van der Waals surface area contributed by atoms with Gasteiger partial charge in [0.1, 0.15) is 11.5 Å². The van der Waals surface area contributed by atoms with Crippen LogP contribution in [0.2, 0.25) is 0 Å². The van der Waals surface area contributed by atoms with Gasteiger partial charge in [-0.2, -0.15) is 5.10 Å². The summed E-state index contributed by atoms with van der Waals surface area (Å²) in [5, 5.41) is 4.43. The summed E-state index contributed by atoms with van der Waals surface area (Å²) in [5.74, 6) is 2.08. The molecule has 96 valence electrons. The van der Waals surface area contributed by atoms with Gasteiger partial charge in [0.05, 0.1) is 5.56 Å². The average Bonchev–Trinajstić information content (AvgIpc) is 2.92. The molecule has 0 spiro atoms. The first-order valence-electron chi connectivity index (χ1n) is 6.19. The maximum Gasteiger partial charge on any atom is 0.155 e. The fourth-order valence-electron chi connectivity index (χ4n) is 1.78. The molecule has 0 fully saturated rings. The number of carbonyl (C=O) groups excluding carboxylic acids is 1. The predicted molar refractivity (Wildman–Crippen MR) is 69.5 cm³/mol. The predicted octanol–water partition coefficient (Wildman–Crippen LogP) is 3.31. The first-order valence-corrected chi connectivity index (χ1v) is 6.19. The lowest BCUT2D eigenvalue weighted by atomic mass is 10.1. The molecule has 4 nitrogen and oxygen atoms in total. The Balaban J connectivity index is 2.27. The molecule has 0 bridgehead atoms. The molecule has 0 N–H and O–H groups in total. The molecular formula is C14H18N2O2. The second-order valence-electron chi connectivity index (χ2n) is 4.91. The molecule has 0 saturated carbocycles. The summed E-state index contributed by atoms with van der Waals surface area (Å²) in [6.07, 6.45) is 3.64. The topological polar surface area (TPSA) is 48.0 Å². The van der Waals surface area contributed by atoms with Gasteiger partial charge in [-0.25, -0.2) is 0 Å². The van der Waals surface area contributed by atoms with E-state index in [1.54, 1.807) is 6.20 Å². The maximum atomic E-state index is 11.1. The third kappa shape index (κ3) is 2.70. The second-order valence-corrected chi connectivity index (χ2v) is 4.91. The van der Waals surface area contributed by atoms with Crippen LogP contribution in [-0.2, 0) is 6.54 Å². The third-order valence-electron chi connectivity index (χ3n) is 2.83. The van der Waals surface area contributed by atoms with Gasteiger partial charge >= 0.3 is 0 Å². The summed E-state index contributed by atoms with van der Waals surface area (Å²) < 4.78 is 7.33. The van der Waals surface area contributed by atoms with E-state index in [0.29, 0.717) is 22.9 Å². The van der Waals surface area contributed by atoms with E-state index < -0.39 is 0 Å². The Labute approximate surface area is 107 Å². The van der Waals surface area contributed by atoms with Crippen LogP contribution in [0.1, 0.15) is 36.4 Å². The van der Waals surface area contributed by atoms with E-state index in [9.17, 15) is 4.79 Å². The molecule has 2 aromatic rings. The number of aldehydes is 1. The van der Waals surface area contributed by atoms with Crippen molar-refractivity contribution in [3.8, 4) is 11.5 Å². The van der Waals surface area contributed by atoms with Crippen molar-refractivity contribution in [2.45, 2.75) is 33.7 Å².